The molecule has 4 rings (SSSR count). The van der Waals surface area contributed by atoms with Crippen molar-refractivity contribution >= 4 is 16.8 Å². The molecule has 0 spiro atoms. The summed E-state index contributed by atoms with van der Waals surface area (Å²) in [6, 6.07) is 17.5. The fraction of sp³-hybridized carbons (Fsp3) is 0.360. The van der Waals surface area contributed by atoms with Gasteiger partial charge in [-0.3, -0.25) is 9.78 Å². The van der Waals surface area contributed by atoms with Gasteiger partial charge >= 0.3 is 0 Å². The first kappa shape index (κ1) is 18.7. The molecule has 0 atom stereocenters. The van der Waals surface area contributed by atoms with Crippen molar-refractivity contribution in [3.63, 3.8) is 0 Å². The minimum absolute atomic E-state index is 0.294. The second-order valence-electron chi connectivity index (χ2n) is 7.89. The molecule has 1 aliphatic heterocycles. The molecule has 0 saturated carbocycles. The Bertz CT molecular complexity index is 970. The molecule has 0 bridgehead atoms. The van der Waals surface area contributed by atoms with E-state index in [4.69, 9.17) is 0 Å². The third-order valence-electron chi connectivity index (χ3n) is 6.09. The van der Waals surface area contributed by atoms with Crippen LogP contribution in [0.25, 0.3) is 22.0 Å². The number of carbonyl (C=O) groups excluding carboxylic acids is 1. The van der Waals surface area contributed by atoms with Gasteiger partial charge in [0.2, 0.25) is 5.91 Å². The zero-order valence-electron chi connectivity index (χ0n) is 16.8. The van der Waals surface area contributed by atoms with Crippen molar-refractivity contribution in [2.45, 2.75) is 39.5 Å². The van der Waals surface area contributed by atoms with Crippen molar-refractivity contribution in [1.29, 1.82) is 0 Å². The molecule has 0 N–H and O–H groups in total. The number of benzene rings is 2. The van der Waals surface area contributed by atoms with E-state index in [2.05, 4.69) is 54.4 Å². The number of hydrogen-bond donors (Lipinski definition) is 0. The maximum absolute atomic E-state index is 11.8. The van der Waals surface area contributed by atoms with E-state index in [-0.39, 0.29) is 0 Å². The normalized spacial score (nSPS) is 15.1. The Morgan fingerprint density at radius 1 is 1.07 bits per heavy atom. The minimum Gasteiger partial charge on any atom is -0.343 e. The number of amides is 1. The van der Waals surface area contributed by atoms with Crippen LogP contribution in [0.3, 0.4) is 0 Å². The number of carbonyl (C=O) groups is 1. The molecule has 0 aliphatic carbocycles. The van der Waals surface area contributed by atoms with E-state index in [0.29, 0.717) is 18.2 Å². The molecular weight excluding hydrogens is 344 g/mol. The molecule has 3 heteroatoms. The van der Waals surface area contributed by atoms with Crippen molar-refractivity contribution in [2.24, 2.45) is 5.92 Å². The van der Waals surface area contributed by atoms with Gasteiger partial charge < -0.3 is 4.90 Å². The first-order valence-corrected chi connectivity index (χ1v) is 10.4. The monoisotopic (exact) mass is 372 g/mol. The number of piperidine rings is 1. The average Bonchev–Trinajstić information content (AvgIpc) is 2.75. The van der Waals surface area contributed by atoms with Crippen LogP contribution in [0.4, 0.5) is 0 Å². The number of aryl methyl sites for hydroxylation is 1. The Balaban J connectivity index is 1.45. The highest BCUT2D eigenvalue weighted by Crippen LogP contribution is 2.29. The summed E-state index contributed by atoms with van der Waals surface area (Å²) in [5.74, 6) is 0.974. The molecule has 1 aromatic heterocycles. The number of fused-ring (bicyclic) bond motifs is 1. The van der Waals surface area contributed by atoms with Gasteiger partial charge in [0.25, 0.3) is 0 Å². The van der Waals surface area contributed by atoms with Crippen LogP contribution in [-0.4, -0.2) is 28.9 Å². The fourth-order valence-corrected chi connectivity index (χ4v) is 4.37. The number of nitrogens with zero attached hydrogens (tertiary/aromatic N) is 2. The lowest BCUT2D eigenvalue weighted by atomic mass is 9.89. The molecule has 2 heterocycles. The van der Waals surface area contributed by atoms with Gasteiger partial charge in [0.05, 0.1) is 5.52 Å². The van der Waals surface area contributed by atoms with Gasteiger partial charge in [-0.1, -0.05) is 49.4 Å². The molecule has 3 aromatic rings. The molecule has 1 fully saturated rings. The highest BCUT2D eigenvalue weighted by atomic mass is 16.2. The highest BCUT2D eigenvalue weighted by Gasteiger charge is 2.21. The van der Waals surface area contributed by atoms with Crippen LogP contribution in [0, 0.1) is 12.8 Å². The van der Waals surface area contributed by atoms with Crippen molar-refractivity contribution in [3.8, 4) is 11.1 Å². The zero-order chi connectivity index (χ0) is 19.5. The van der Waals surface area contributed by atoms with Crippen molar-refractivity contribution < 1.29 is 4.79 Å². The molecule has 144 valence electrons. The zero-order valence-corrected chi connectivity index (χ0v) is 16.8. The Kier molecular flexibility index (Phi) is 5.43. The first-order valence-electron chi connectivity index (χ1n) is 10.4. The summed E-state index contributed by atoms with van der Waals surface area (Å²) in [4.78, 5) is 18.4. The summed E-state index contributed by atoms with van der Waals surface area (Å²) in [5, 5.41) is 1.19. The van der Waals surface area contributed by atoms with E-state index < -0.39 is 0 Å². The summed E-state index contributed by atoms with van der Waals surface area (Å²) in [6.07, 6.45) is 5.82. The SMILES string of the molecule is CCC(=O)N1CCC(Cc2ccc(-c3ccc4cccnc4c3C)cc2)CC1. The number of aromatic nitrogens is 1. The molecule has 0 unspecified atom stereocenters. The molecule has 1 aliphatic rings. The lowest BCUT2D eigenvalue weighted by Crippen LogP contribution is -2.38. The maximum atomic E-state index is 11.8. The van der Waals surface area contributed by atoms with Crippen LogP contribution >= 0.6 is 0 Å². The van der Waals surface area contributed by atoms with Crippen molar-refractivity contribution in [1.82, 2.24) is 9.88 Å². The second kappa shape index (κ2) is 8.14. The topological polar surface area (TPSA) is 33.2 Å². The Labute approximate surface area is 167 Å². The standard InChI is InChI=1S/C25H28N2O/c1-3-24(28)27-15-12-20(13-16-27)17-19-6-8-21(9-7-19)23-11-10-22-5-4-14-26-25(22)18(23)2/h4-11,14,20H,3,12-13,15-17H2,1-2H3. The molecule has 3 nitrogen and oxygen atoms in total. The Morgan fingerprint density at radius 3 is 2.54 bits per heavy atom. The third kappa shape index (κ3) is 3.80. The van der Waals surface area contributed by atoms with E-state index in [0.717, 1.165) is 37.9 Å². The van der Waals surface area contributed by atoms with Crippen LogP contribution in [0.2, 0.25) is 0 Å². The molecule has 2 aromatic carbocycles. The minimum atomic E-state index is 0.294. The lowest BCUT2D eigenvalue weighted by molar-refractivity contribution is -0.132. The van der Waals surface area contributed by atoms with Gasteiger partial charge in [0.1, 0.15) is 0 Å². The summed E-state index contributed by atoms with van der Waals surface area (Å²) in [6.45, 7) is 5.94. The fourth-order valence-electron chi connectivity index (χ4n) is 4.37. The van der Waals surface area contributed by atoms with Crippen molar-refractivity contribution in [2.75, 3.05) is 13.1 Å². The summed E-state index contributed by atoms with van der Waals surface area (Å²) in [5.41, 5.74) is 6.21. The molecule has 1 amide bonds. The largest absolute Gasteiger partial charge is 0.343 e. The molecule has 28 heavy (non-hydrogen) atoms. The van der Waals surface area contributed by atoms with Crippen LogP contribution in [0.1, 0.15) is 37.3 Å². The predicted molar refractivity (Wildman–Crippen MR) is 115 cm³/mol. The van der Waals surface area contributed by atoms with Gasteiger partial charge in [-0.25, -0.2) is 0 Å². The summed E-state index contributed by atoms with van der Waals surface area (Å²) in [7, 11) is 0. The van der Waals surface area contributed by atoms with E-state index in [1.807, 2.05) is 24.1 Å². The quantitative estimate of drug-likeness (QED) is 0.614. The van der Waals surface area contributed by atoms with Crippen LogP contribution < -0.4 is 0 Å². The van der Waals surface area contributed by atoms with Crippen molar-refractivity contribution in [3.05, 3.63) is 65.9 Å². The smallest absolute Gasteiger partial charge is 0.222 e. The second-order valence-corrected chi connectivity index (χ2v) is 7.89. The van der Waals surface area contributed by atoms with Gasteiger partial charge in [0, 0.05) is 31.1 Å². The van der Waals surface area contributed by atoms with E-state index >= 15 is 0 Å². The first-order chi connectivity index (χ1) is 13.7. The third-order valence-corrected chi connectivity index (χ3v) is 6.09. The maximum Gasteiger partial charge on any atom is 0.222 e. The number of likely N-dealkylation sites (tertiary alicyclic amines) is 1. The van der Waals surface area contributed by atoms with Crippen LogP contribution in [-0.2, 0) is 11.2 Å². The highest BCUT2D eigenvalue weighted by molar-refractivity contribution is 5.88. The van der Waals surface area contributed by atoms with Gasteiger partial charge in [-0.05, 0) is 60.4 Å². The van der Waals surface area contributed by atoms with Crippen LogP contribution in [0.15, 0.2) is 54.7 Å². The lowest BCUT2D eigenvalue weighted by Gasteiger charge is -2.32. The molecule has 0 radical (unpaired) electrons. The van der Waals surface area contributed by atoms with E-state index in [1.165, 1.54) is 27.6 Å². The van der Waals surface area contributed by atoms with Gasteiger partial charge in [-0.15, -0.1) is 0 Å². The number of pyridine rings is 1. The van der Waals surface area contributed by atoms with Gasteiger partial charge in [-0.2, -0.15) is 0 Å². The Morgan fingerprint density at radius 2 is 1.82 bits per heavy atom. The predicted octanol–water partition coefficient (Wildman–Crippen LogP) is 5.40. The summed E-state index contributed by atoms with van der Waals surface area (Å²) < 4.78 is 0. The Hall–Kier alpha value is -2.68. The molecular formula is C25H28N2O. The number of rotatable bonds is 4. The average molecular weight is 373 g/mol. The van der Waals surface area contributed by atoms with Gasteiger partial charge in [0.15, 0.2) is 0 Å². The molecule has 1 saturated heterocycles. The van der Waals surface area contributed by atoms with E-state index in [9.17, 15) is 4.79 Å². The van der Waals surface area contributed by atoms with Crippen LogP contribution in [0.5, 0.6) is 0 Å². The number of hydrogen-bond acceptors (Lipinski definition) is 2. The summed E-state index contributed by atoms with van der Waals surface area (Å²) >= 11 is 0. The van der Waals surface area contributed by atoms with E-state index in [1.54, 1.807) is 0 Å².